The van der Waals surface area contributed by atoms with E-state index in [1.54, 1.807) is 13.3 Å². The highest BCUT2D eigenvalue weighted by Crippen LogP contribution is 2.28. The van der Waals surface area contributed by atoms with Gasteiger partial charge in [0.2, 0.25) is 10.8 Å². The first kappa shape index (κ1) is 15.2. The van der Waals surface area contributed by atoms with Crippen LogP contribution >= 0.6 is 11.5 Å². The van der Waals surface area contributed by atoms with Crippen molar-refractivity contribution in [1.29, 1.82) is 0 Å². The standard InChI is InChI=1S/C14H18N8OS/c1-9-17-18-13-12(15-4-5-22(9)13)21-6-10(7-21)20(2)14-16-11(8-23-3)19-24-14/h4-5,10H,6-8H2,1-3H3. The molecule has 0 aliphatic carbocycles. The maximum Gasteiger partial charge on any atom is 0.205 e. The van der Waals surface area contributed by atoms with Gasteiger partial charge in [-0.1, -0.05) is 0 Å². The fourth-order valence-corrected chi connectivity index (χ4v) is 3.46. The van der Waals surface area contributed by atoms with Gasteiger partial charge in [-0.3, -0.25) is 4.40 Å². The van der Waals surface area contributed by atoms with Gasteiger partial charge in [-0.2, -0.15) is 4.37 Å². The topological polar surface area (TPSA) is 84.6 Å². The molecular weight excluding hydrogens is 328 g/mol. The lowest BCUT2D eigenvalue weighted by molar-refractivity contribution is 0.179. The molecule has 0 bridgehead atoms. The monoisotopic (exact) mass is 346 g/mol. The summed E-state index contributed by atoms with van der Waals surface area (Å²) in [5.74, 6) is 2.47. The van der Waals surface area contributed by atoms with E-state index in [1.165, 1.54) is 11.5 Å². The lowest BCUT2D eigenvalue weighted by atomic mass is 10.1. The van der Waals surface area contributed by atoms with E-state index in [-0.39, 0.29) is 0 Å². The molecule has 3 aromatic heterocycles. The van der Waals surface area contributed by atoms with E-state index >= 15 is 0 Å². The summed E-state index contributed by atoms with van der Waals surface area (Å²) in [5.41, 5.74) is 0.800. The van der Waals surface area contributed by atoms with Gasteiger partial charge in [-0.15, -0.1) is 10.2 Å². The van der Waals surface area contributed by atoms with Crippen molar-refractivity contribution in [2.75, 3.05) is 37.0 Å². The maximum absolute atomic E-state index is 5.07. The van der Waals surface area contributed by atoms with Crippen molar-refractivity contribution in [3.8, 4) is 0 Å². The highest BCUT2D eigenvalue weighted by molar-refractivity contribution is 7.09. The molecule has 0 atom stereocenters. The summed E-state index contributed by atoms with van der Waals surface area (Å²) in [4.78, 5) is 13.4. The summed E-state index contributed by atoms with van der Waals surface area (Å²) in [6.45, 7) is 4.12. The fourth-order valence-electron chi connectivity index (χ4n) is 2.76. The Balaban J connectivity index is 1.47. The van der Waals surface area contributed by atoms with E-state index in [2.05, 4.69) is 34.3 Å². The zero-order valence-electron chi connectivity index (χ0n) is 13.7. The van der Waals surface area contributed by atoms with Crippen molar-refractivity contribution in [2.45, 2.75) is 19.6 Å². The Labute approximate surface area is 143 Å². The molecule has 3 aromatic rings. The minimum atomic E-state index is 0.374. The Morgan fingerprint density at radius 2 is 2.21 bits per heavy atom. The normalized spacial score (nSPS) is 15.0. The quantitative estimate of drug-likeness (QED) is 0.669. The van der Waals surface area contributed by atoms with Crippen molar-refractivity contribution in [3.63, 3.8) is 0 Å². The number of hydrogen-bond acceptors (Lipinski definition) is 9. The number of aromatic nitrogens is 6. The molecule has 1 aliphatic rings. The molecule has 0 aromatic carbocycles. The average Bonchev–Trinajstić information content (AvgIpc) is 3.14. The van der Waals surface area contributed by atoms with Crippen LogP contribution in [-0.4, -0.2) is 62.2 Å². The summed E-state index contributed by atoms with van der Waals surface area (Å²) >= 11 is 1.40. The van der Waals surface area contributed by atoms with Crippen LogP contribution in [0, 0.1) is 6.92 Å². The van der Waals surface area contributed by atoms with Crippen molar-refractivity contribution in [1.82, 2.24) is 28.9 Å². The smallest absolute Gasteiger partial charge is 0.205 e. The largest absolute Gasteiger partial charge is 0.377 e. The molecule has 9 nitrogen and oxygen atoms in total. The molecule has 1 fully saturated rings. The number of likely N-dealkylation sites (N-methyl/N-ethyl adjacent to an activating group) is 1. The molecule has 0 amide bonds. The van der Waals surface area contributed by atoms with Crippen LogP contribution in [0.25, 0.3) is 5.65 Å². The molecule has 0 spiro atoms. The third kappa shape index (κ3) is 2.47. The molecule has 10 heteroatoms. The molecule has 126 valence electrons. The van der Waals surface area contributed by atoms with E-state index < -0.39 is 0 Å². The molecule has 24 heavy (non-hydrogen) atoms. The van der Waals surface area contributed by atoms with Crippen LogP contribution in [0.1, 0.15) is 11.6 Å². The molecular formula is C14H18N8OS. The molecule has 4 heterocycles. The van der Waals surface area contributed by atoms with Gasteiger partial charge in [0, 0.05) is 51.2 Å². The number of nitrogens with zero attached hydrogens (tertiary/aromatic N) is 8. The summed E-state index contributed by atoms with van der Waals surface area (Å²) in [6.07, 6.45) is 3.67. The van der Waals surface area contributed by atoms with Crippen molar-refractivity contribution >= 4 is 28.1 Å². The second-order valence-corrected chi connectivity index (χ2v) is 6.52. The third-order valence-electron chi connectivity index (χ3n) is 4.22. The Bertz CT molecular complexity index is 855. The third-order valence-corrected chi connectivity index (χ3v) is 5.07. The summed E-state index contributed by atoms with van der Waals surface area (Å²) < 4.78 is 11.3. The van der Waals surface area contributed by atoms with Crippen LogP contribution in [0.2, 0.25) is 0 Å². The van der Waals surface area contributed by atoms with Crippen molar-refractivity contribution in [3.05, 3.63) is 24.0 Å². The van der Waals surface area contributed by atoms with E-state index in [9.17, 15) is 0 Å². The highest BCUT2D eigenvalue weighted by Gasteiger charge is 2.34. The zero-order valence-corrected chi connectivity index (χ0v) is 14.6. The molecule has 1 aliphatic heterocycles. The second-order valence-electron chi connectivity index (χ2n) is 5.79. The molecule has 0 unspecified atom stereocenters. The molecule has 4 rings (SSSR count). The molecule has 0 radical (unpaired) electrons. The summed E-state index contributed by atoms with van der Waals surface area (Å²) in [6, 6.07) is 0.374. The van der Waals surface area contributed by atoms with Crippen molar-refractivity contribution in [2.24, 2.45) is 0 Å². The Morgan fingerprint density at radius 3 is 3.00 bits per heavy atom. The average molecular weight is 346 g/mol. The summed E-state index contributed by atoms with van der Waals surface area (Å²) in [7, 11) is 3.70. The number of ether oxygens (including phenoxy) is 1. The summed E-state index contributed by atoms with van der Waals surface area (Å²) in [5, 5.41) is 9.27. The number of methoxy groups -OCH3 is 1. The number of fused-ring (bicyclic) bond motifs is 1. The Hall–Kier alpha value is -2.33. The van der Waals surface area contributed by atoms with E-state index in [4.69, 9.17) is 4.74 Å². The van der Waals surface area contributed by atoms with Crippen LogP contribution in [-0.2, 0) is 11.3 Å². The highest BCUT2D eigenvalue weighted by atomic mass is 32.1. The number of hydrogen-bond donors (Lipinski definition) is 0. The lowest BCUT2D eigenvalue weighted by Crippen LogP contribution is -2.59. The predicted octanol–water partition coefficient (Wildman–Crippen LogP) is 0.756. The van der Waals surface area contributed by atoms with Crippen LogP contribution in [0.3, 0.4) is 0 Å². The van der Waals surface area contributed by atoms with Gasteiger partial charge in [0.15, 0.2) is 11.6 Å². The SMILES string of the molecule is COCc1nsc(N(C)C2CN(c3nccn4c(C)nnc34)C2)n1. The first-order chi connectivity index (χ1) is 11.7. The lowest BCUT2D eigenvalue weighted by Gasteiger charge is -2.44. The zero-order chi connectivity index (χ0) is 16.7. The first-order valence-electron chi connectivity index (χ1n) is 7.63. The van der Waals surface area contributed by atoms with Gasteiger partial charge in [0.1, 0.15) is 12.4 Å². The van der Waals surface area contributed by atoms with Crippen molar-refractivity contribution < 1.29 is 4.74 Å². The van der Waals surface area contributed by atoms with E-state index in [0.29, 0.717) is 12.6 Å². The molecule has 0 saturated carbocycles. The van der Waals surface area contributed by atoms with Crippen LogP contribution in [0.4, 0.5) is 10.9 Å². The van der Waals surface area contributed by atoms with Gasteiger partial charge >= 0.3 is 0 Å². The van der Waals surface area contributed by atoms with Gasteiger partial charge < -0.3 is 14.5 Å². The van der Waals surface area contributed by atoms with Gasteiger partial charge in [-0.25, -0.2) is 9.97 Å². The Morgan fingerprint density at radius 1 is 1.38 bits per heavy atom. The predicted molar refractivity (Wildman–Crippen MR) is 90.5 cm³/mol. The van der Waals surface area contributed by atoms with Gasteiger partial charge in [-0.05, 0) is 6.92 Å². The fraction of sp³-hybridized carbons (Fsp3) is 0.500. The van der Waals surface area contributed by atoms with E-state index in [1.807, 2.05) is 24.6 Å². The van der Waals surface area contributed by atoms with Crippen LogP contribution in [0.15, 0.2) is 12.4 Å². The number of anilines is 2. The molecule has 0 N–H and O–H groups in total. The van der Waals surface area contributed by atoms with E-state index in [0.717, 1.165) is 41.3 Å². The second kappa shape index (κ2) is 5.95. The van der Waals surface area contributed by atoms with Crippen LogP contribution in [0.5, 0.6) is 0 Å². The minimum absolute atomic E-state index is 0.374. The first-order valence-corrected chi connectivity index (χ1v) is 8.40. The van der Waals surface area contributed by atoms with Gasteiger partial charge in [0.05, 0.1) is 6.04 Å². The molecule has 1 saturated heterocycles. The maximum atomic E-state index is 5.07. The van der Waals surface area contributed by atoms with Crippen LogP contribution < -0.4 is 9.80 Å². The Kier molecular flexibility index (Phi) is 3.77. The number of aryl methyl sites for hydroxylation is 1. The minimum Gasteiger partial charge on any atom is -0.377 e. The number of rotatable bonds is 5. The van der Waals surface area contributed by atoms with Gasteiger partial charge in [0.25, 0.3) is 0 Å².